The van der Waals surface area contributed by atoms with Crippen LogP contribution < -0.4 is 5.32 Å². The van der Waals surface area contributed by atoms with E-state index in [0.717, 1.165) is 19.4 Å². The van der Waals surface area contributed by atoms with Gasteiger partial charge in [-0.3, -0.25) is 4.90 Å². The van der Waals surface area contributed by atoms with Crippen molar-refractivity contribution < 1.29 is 22.0 Å². The minimum Gasteiger partial charge on any atom is -0.319 e. The predicted octanol–water partition coefficient (Wildman–Crippen LogP) is 2.81. The molecule has 2 rings (SSSR count). The quantitative estimate of drug-likeness (QED) is 0.523. The fraction of sp³-hybridized carbons (Fsp3) is 0.571. The molecule has 0 radical (unpaired) electrons. The molecule has 0 amide bonds. The van der Waals surface area contributed by atoms with Crippen LogP contribution in [0.15, 0.2) is 0 Å². The fourth-order valence-corrected chi connectivity index (χ4v) is 2.76. The fourth-order valence-electron chi connectivity index (χ4n) is 2.76. The summed E-state index contributed by atoms with van der Waals surface area (Å²) in [5.74, 6) is -9.03. The van der Waals surface area contributed by atoms with Gasteiger partial charge in [0.2, 0.25) is 5.82 Å². The van der Waals surface area contributed by atoms with Gasteiger partial charge in [-0.25, -0.2) is 22.0 Å². The Bertz CT molecular complexity index is 490. The molecule has 1 atom stereocenters. The first-order valence-electron chi connectivity index (χ1n) is 6.83. The second-order valence-corrected chi connectivity index (χ2v) is 5.35. The molecule has 1 aliphatic rings. The maximum atomic E-state index is 13.6. The third-order valence-electron chi connectivity index (χ3n) is 3.78. The monoisotopic (exact) mass is 308 g/mol. The van der Waals surface area contributed by atoms with Gasteiger partial charge in [0.15, 0.2) is 23.3 Å². The van der Waals surface area contributed by atoms with Crippen molar-refractivity contribution in [1.29, 1.82) is 0 Å². The number of benzene rings is 1. The number of hydrogen-bond donors (Lipinski definition) is 1. The molecule has 1 saturated heterocycles. The van der Waals surface area contributed by atoms with E-state index in [-0.39, 0.29) is 6.54 Å². The lowest BCUT2D eigenvalue weighted by atomic mass is 9.97. The van der Waals surface area contributed by atoms with E-state index in [1.165, 1.54) is 0 Å². The molecule has 7 heteroatoms. The van der Waals surface area contributed by atoms with E-state index in [1.54, 1.807) is 4.90 Å². The minimum absolute atomic E-state index is 0.272. The molecule has 118 valence electrons. The number of halogens is 5. The third-order valence-corrected chi connectivity index (χ3v) is 3.78. The van der Waals surface area contributed by atoms with E-state index >= 15 is 0 Å². The van der Waals surface area contributed by atoms with Gasteiger partial charge >= 0.3 is 0 Å². The van der Waals surface area contributed by atoms with Crippen LogP contribution >= 0.6 is 0 Å². The van der Waals surface area contributed by atoms with Crippen molar-refractivity contribution in [2.45, 2.75) is 19.4 Å². The number of hydrogen-bond acceptors (Lipinski definition) is 2. The molecule has 1 unspecified atom stereocenters. The molecule has 0 bridgehead atoms. The summed E-state index contributed by atoms with van der Waals surface area (Å²) in [6, 6.07) is 0. The van der Waals surface area contributed by atoms with Crippen LogP contribution in [0.2, 0.25) is 0 Å². The van der Waals surface area contributed by atoms with E-state index in [1.807, 2.05) is 7.05 Å². The molecule has 1 aromatic carbocycles. The van der Waals surface area contributed by atoms with Crippen LogP contribution in [0.4, 0.5) is 22.0 Å². The lowest BCUT2D eigenvalue weighted by Gasteiger charge is -2.32. The SMILES string of the molecule is CNCC1CCCN(Cc2c(F)c(F)c(F)c(F)c2F)C1. The van der Waals surface area contributed by atoms with Crippen molar-refractivity contribution in [1.82, 2.24) is 10.2 Å². The molecule has 0 aromatic heterocycles. The summed E-state index contributed by atoms with van der Waals surface area (Å²) in [7, 11) is 1.81. The third kappa shape index (κ3) is 3.35. The summed E-state index contributed by atoms with van der Waals surface area (Å²) in [4.78, 5) is 1.73. The Morgan fingerprint density at radius 1 is 1.00 bits per heavy atom. The van der Waals surface area contributed by atoms with Crippen molar-refractivity contribution in [2.24, 2.45) is 5.92 Å². The summed E-state index contributed by atoms with van der Waals surface area (Å²) in [5, 5.41) is 3.03. The lowest BCUT2D eigenvalue weighted by molar-refractivity contribution is 0.161. The summed E-state index contributed by atoms with van der Waals surface area (Å²) < 4.78 is 66.6. The van der Waals surface area contributed by atoms with E-state index < -0.39 is 34.6 Å². The molecule has 0 saturated carbocycles. The second kappa shape index (κ2) is 6.70. The van der Waals surface area contributed by atoms with Crippen LogP contribution in [0, 0.1) is 35.0 Å². The maximum Gasteiger partial charge on any atom is 0.200 e. The molecule has 1 heterocycles. The van der Waals surface area contributed by atoms with Crippen LogP contribution in [0.25, 0.3) is 0 Å². The largest absolute Gasteiger partial charge is 0.319 e. The van der Waals surface area contributed by atoms with E-state index in [9.17, 15) is 22.0 Å². The van der Waals surface area contributed by atoms with Crippen molar-refractivity contribution in [3.63, 3.8) is 0 Å². The van der Waals surface area contributed by atoms with E-state index in [2.05, 4.69) is 5.32 Å². The molecule has 0 aliphatic carbocycles. The van der Waals surface area contributed by atoms with E-state index in [4.69, 9.17) is 0 Å². The minimum atomic E-state index is -2.11. The predicted molar refractivity (Wildman–Crippen MR) is 68.2 cm³/mol. The highest BCUT2D eigenvalue weighted by Gasteiger charge is 2.28. The Balaban J connectivity index is 2.20. The average Bonchev–Trinajstić information content (AvgIpc) is 2.48. The van der Waals surface area contributed by atoms with Gasteiger partial charge in [0.25, 0.3) is 0 Å². The van der Waals surface area contributed by atoms with Crippen LogP contribution in [-0.4, -0.2) is 31.6 Å². The number of rotatable bonds is 4. The number of likely N-dealkylation sites (tertiary alicyclic amines) is 1. The summed E-state index contributed by atoms with van der Waals surface area (Å²) in [6.45, 7) is 1.64. The summed E-state index contributed by atoms with van der Waals surface area (Å²) >= 11 is 0. The number of nitrogens with one attached hydrogen (secondary N) is 1. The van der Waals surface area contributed by atoms with Gasteiger partial charge in [-0.15, -0.1) is 0 Å². The highest BCUT2D eigenvalue weighted by molar-refractivity contribution is 5.24. The van der Waals surface area contributed by atoms with Gasteiger partial charge < -0.3 is 5.32 Å². The zero-order valence-electron chi connectivity index (χ0n) is 11.7. The highest BCUT2D eigenvalue weighted by atomic mass is 19.2. The van der Waals surface area contributed by atoms with E-state index in [0.29, 0.717) is 19.0 Å². The van der Waals surface area contributed by atoms with Gasteiger partial charge in [0.1, 0.15) is 0 Å². The summed E-state index contributed by atoms with van der Waals surface area (Å²) in [5.41, 5.74) is -0.753. The average molecular weight is 308 g/mol. The Morgan fingerprint density at radius 2 is 1.57 bits per heavy atom. The zero-order valence-corrected chi connectivity index (χ0v) is 11.7. The maximum absolute atomic E-state index is 13.6. The first-order chi connectivity index (χ1) is 9.95. The number of nitrogens with zero attached hydrogens (tertiary/aromatic N) is 1. The molecule has 1 fully saturated rings. The topological polar surface area (TPSA) is 15.3 Å². The molecule has 1 aromatic rings. The molecule has 21 heavy (non-hydrogen) atoms. The normalized spacial score (nSPS) is 20.0. The first kappa shape index (κ1) is 16.2. The summed E-state index contributed by atoms with van der Waals surface area (Å²) in [6.07, 6.45) is 1.82. The van der Waals surface area contributed by atoms with Crippen molar-refractivity contribution in [2.75, 3.05) is 26.7 Å². The zero-order chi connectivity index (χ0) is 15.6. The molecule has 1 N–H and O–H groups in total. The van der Waals surface area contributed by atoms with Crippen LogP contribution in [0.1, 0.15) is 18.4 Å². The van der Waals surface area contributed by atoms with Crippen LogP contribution in [0.5, 0.6) is 0 Å². The Morgan fingerprint density at radius 3 is 2.14 bits per heavy atom. The first-order valence-corrected chi connectivity index (χ1v) is 6.83. The molecular weight excluding hydrogens is 291 g/mol. The standard InChI is InChI=1S/C14H17F5N2/c1-20-5-8-3-2-4-21(6-8)7-9-10(15)12(17)14(19)13(18)11(9)16/h8,20H,2-7H2,1H3. The van der Waals surface area contributed by atoms with Gasteiger partial charge in [-0.1, -0.05) is 0 Å². The molecule has 1 aliphatic heterocycles. The van der Waals surface area contributed by atoms with Gasteiger partial charge in [-0.05, 0) is 38.9 Å². The van der Waals surface area contributed by atoms with Crippen molar-refractivity contribution in [3.8, 4) is 0 Å². The molecule has 0 spiro atoms. The van der Waals surface area contributed by atoms with Gasteiger partial charge in [0.05, 0.1) is 0 Å². The molecule has 2 nitrogen and oxygen atoms in total. The van der Waals surface area contributed by atoms with Crippen LogP contribution in [-0.2, 0) is 6.54 Å². The van der Waals surface area contributed by atoms with Gasteiger partial charge in [0, 0.05) is 18.7 Å². The Labute approximate surface area is 119 Å². The molecular formula is C14H17F5N2. The lowest BCUT2D eigenvalue weighted by Crippen LogP contribution is -2.39. The van der Waals surface area contributed by atoms with Crippen molar-refractivity contribution in [3.05, 3.63) is 34.6 Å². The smallest absolute Gasteiger partial charge is 0.200 e. The van der Waals surface area contributed by atoms with Crippen molar-refractivity contribution >= 4 is 0 Å². The Kier molecular flexibility index (Phi) is 5.16. The van der Waals surface area contributed by atoms with Crippen LogP contribution in [0.3, 0.4) is 0 Å². The van der Waals surface area contributed by atoms with Gasteiger partial charge in [-0.2, -0.15) is 0 Å². The second-order valence-electron chi connectivity index (χ2n) is 5.35. The number of piperidine rings is 1. The Hall–Kier alpha value is -1.21. The highest BCUT2D eigenvalue weighted by Crippen LogP contribution is 2.26.